The van der Waals surface area contributed by atoms with E-state index < -0.39 is 35.6 Å². The van der Waals surface area contributed by atoms with Gasteiger partial charge in [0.2, 0.25) is 0 Å². The van der Waals surface area contributed by atoms with E-state index >= 15 is 0 Å². The molecule has 2 N–H and O–H groups in total. The zero-order chi connectivity index (χ0) is 27.0. The molecule has 36 heavy (non-hydrogen) atoms. The van der Waals surface area contributed by atoms with Crippen LogP contribution in [-0.4, -0.2) is 30.2 Å². The molecule has 3 rings (SSSR count). The van der Waals surface area contributed by atoms with E-state index in [9.17, 15) is 18.4 Å². The van der Waals surface area contributed by atoms with E-state index in [1.807, 2.05) is 30.4 Å². The van der Waals surface area contributed by atoms with Crippen molar-refractivity contribution < 1.29 is 23.5 Å². The molecule has 0 aromatic heterocycles. The summed E-state index contributed by atoms with van der Waals surface area (Å²) in [6.07, 6.45) is 1.76. The number of carboxylic acid groups (broad SMARTS) is 1. The molecule has 0 aliphatic heterocycles. The first-order valence-corrected chi connectivity index (χ1v) is 10.9. The maximum atomic E-state index is 13.2. The van der Waals surface area contributed by atoms with Crippen molar-refractivity contribution in [2.75, 3.05) is 6.54 Å². The molecule has 3 aromatic carbocycles. The predicted octanol–water partition coefficient (Wildman–Crippen LogP) is 6.59. The lowest BCUT2D eigenvalue weighted by molar-refractivity contribution is -0.135. The highest BCUT2D eigenvalue weighted by molar-refractivity contribution is 6.34. The Hall–Kier alpha value is -4.06. The fourth-order valence-electron chi connectivity index (χ4n) is 3.14. The van der Waals surface area contributed by atoms with Gasteiger partial charge in [0.05, 0.1) is 27.9 Å². The molecule has 0 atom stereocenters. The van der Waals surface area contributed by atoms with Crippen molar-refractivity contribution in [3.05, 3.63) is 93.0 Å². The molecule has 0 bridgehead atoms. The van der Waals surface area contributed by atoms with Gasteiger partial charge in [-0.05, 0) is 43.5 Å². The molecule has 0 aliphatic rings. The third kappa shape index (κ3) is 6.54. The van der Waals surface area contributed by atoms with E-state index in [2.05, 4.69) is 24.4 Å². The Bertz CT molecular complexity index is 1400. The lowest BCUT2D eigenvalue weighted by atomic mass is 9.96. The van der Waals surface area contributed by atoms with Crippen molar-refractivity contribution >= 4 is 53.6 Å². The smallest absolute Gasteiger partial charge is 0.322 e. The molecule has 0 unspecified atom stereocenters. The van der Waals surface area contributed by atoms with Gasteiger partial charge in [-0.25, -0.2) is 8.78 Å². The number of amides is 1. The average molecular weight is 530 g/mol. The minimum absolute atomic E-state index is 0.290. The zero-order valence-corrected chi connectivity index (χ0v) is 20.4. The molecule has 0 fully saturated rings. The number of aliphatic carboxylic acids is 1. The molecule has 3 aromatic rings. The van der Waals surface area contributed by atoms with Gasteiger partial charge in [0.1, 0.15) is 6.54 Å². The van der Waals surface area contributed by atoms with Gasteiger partial charge in [0.15, 0.2) is 11.6 Å². The normalized spacial score (nSPS) is 9.89. The number of carbonyl (C=O) groups is 2. The van der Waals surface area contributed by atoms with Crippen LogP contribution in [0.25, 0.3) is 17.2 Å². The second kappa shape index (κ2) is 12.6. The Morgan fingerprint density at radius 1 is 1.14 bits per heavy atom. The standard InChI is InChI=1S/C17H13ClN2.C9H6ClF2NO3/c1-4-13-11(2)5-7-15(17(13)20-3)14-8-6-12(10-19)9-16(14)18;10-4-1-2-5(11)8(12)7(4)9(16)13-3-6(14)15/h4-9H,1,3H2,2H3;1-2H,3H2,(H,13,16)(H,14,15). The highest BCUT2D eigenvalue weighted by Crippen LogP contribution is 2.39. The van der Waals surface area contributed by atoms with Crippen LogP contribution < -0.4 is 5.32 Å². The quantitative estimate of drug-likeness (QED) is 0.277. The molecule has 0 spiro atoms. The molecular formula is C26H19Cl2F2N3O3. The van der Waals surface area contributed by atoms with Crippen molar-refractivity contribution in [2.24, 2.45) is 4.99 Å². The Labute approximate surface area is 216 Å². The summed E-state index contributed by atoms with van der Waals surface area (Å²) in [5.41, 5.74) is 4.32. The second-order valence-corrected chi connectivity index (χ2v) is 7.97. The summed E-state index contributed by atoms with van der Waals surface area (Å²) < 4.78 is 26.0. The largest absolute Gasteiger partial charge is 0.480 e. The molecule has 10 heteroatoms. The minimum atomic E-state index is -1.41. The first kappa shape index (κ1) is 28.2. The Morgan fingerprint density at radius 2 is 1.81 bits per heavy atom. The number of carbonyl (C=O) groups excluding carboxylic acids is 1. The van der Waals surface area contributed by atoms with E-state index in [4.69, 9.17) is 33.6 Å². The first-order chi connectivity index (χ1) is 17.0. The van der Waals surface area contributed by atoms with Crippen LogP contribution in [0.2, 0.25) is 10.0 Å². The van der Waals surface area contributed by atoms with E-state index in [-0.39, 0.29) is 5.02 Å². The number of halogens is 4. The molecule has 1 amide bonds. The Kier molecular flexibility index (Phi) is 9.85. The number of rotatable bonds is 6. The number of carboxylic acids is 1. The molecule has 6 nitrogen and oxygen atoms in total. The number of aryl methyl sites for hydroxylation is 1. The maximum Gasteiger partial charge on any atom is 0.322 e. The zero-order valence-electron chi connectivity index (χ0n) is 18.9. The molecular weight excluding hydrogens is 511 g/mol. The van der Waals surface area contributed by atoms with Crippen LogP contribution in [0.4, 0.5) is 14.5 Å². The van der Waals surface area contributed by atoms with Crippen LogP contribution in [0.15, 0.2) is 54.0 Å². The summed E-state index contributed by atoms with van der Waals surface area (Å²) >= 11 is 11.8. The van der Waals surface area contributed by atoms with Gasteiger partial charge >= 0.3 is 5.97 Å². The molecule has 0 saturated carbocycles. The lowest BCUT2D eigenvalue weighted by Crippen LogP contribution is -2.30. The van der Waals surface area contributed by atoms with E-state index in [0.717, 1.165) is 40.1 Å². The van der Waals surface area contributed by atoms with E-state index in [1.165, 1.54) is 0 Å². The van der Waals surface area contributed by atoms with Gasteiger partial charge in [0, 0.05) is 21.7 Å². The molecule has 184 valence electrons. The predicted molar refractivity (Wildman–Crippen MR) is 137 cm³/mol. The SMILES string of the molecule is C=Cc1c(C)ccc(-c2ccc(C#N)cc2Cl)c1N=C.O=C(O)CNC(=O)c1c(Cl)ccc(F)c1F. The number of benzene rings is 3. The van der Waals surface area contributed by atoms with Crippen molar-refractivity contribution in [3.63, 3.8) is 0 Å². The maximum absolute atomic E-state index is 13.2. The minimum Gasteiger partial charge on any atom is -0.480 e. The fourth-order valence-corrected chi connectivity index (χ4v) is 3.65. The van der Waals surface area contributed by atoms with Gasteiger partial charge in [-0.1, -0.05) is 54.1 Å². The molecule has 0 aliphatic carbocycles. The van der Waals surface area contributed by atoms with Crippen LogP contribution in [0.1, 0.15) is 27.0 Å². The molecule has 0 saturated heterocycles. The van der Waals surface area contributed by atoms with Gasteiger partial charge in [0.25, 0.3) is 5.91 Å². The summed E-state index contributed by atoms with van der Waals surface area (Å²) in [7, 11) is 0. The highest BCUT2D eigenvalue weighted by atomic mass is 35.5. The van der Waals surface area contributed by atoms with Gasteiger partial charge in [-0.15, -0.1) is 0 Å². The number of nitrogens with one attached hydrogen (secondary N) is 1. The van der Waals surface area contributed by atoms with Gasteiger partial charge in [-0.3, -0.25) is 14.6 Å². The Balaban J connectivity index is 0.000000261. The molecule has 0 heterocycles. The van der Waals surface area contributed by atoms with Crippen molar-refractivity contribution in [1.29, 1.82) is 5.26 Å². The lowest BCUT2D eigenvalue weighted by Gasteiger charge is -2.12. The van der Waals surface area contributed by atoms with Crippen LogP contribution in [-0.2, 0) is 4.79 Å². The first-order valence-electron chi connectivity index (χ1n) is 10.1. The summed E-state index contributed by atoms with van der Waals surface area (Å²) in [6.45, 7) is 8.75. The number of nitriles is 1. The summed E-state index contributed by atoms with van der Waals surface area (Å²) in [6, 6.07) is 13.0. The summed E-state index contributed by atoms with van der Waals surface area (Å²) in [5, 5.41) is 19.3. The summed E-state index contributed by atoms with van der Waals surface area (Å²) in [5.74, 6) is -5.02. The topological polar surface area (TPSA) is 103 Å². The van der Waals surface area contributed by atoms with Gasteiger partial charge < -0.3 is 10.4 Å². The van der Waals surface area contributed by atoms with Crippen molar-refractivity contribution in [3.8, 4) is 17.2 Å². The monoisotopic (exact) mass is 529 g/mol. The van der Waals surface area contributed by atoms with Crippen molar-refractivity contribution in [2.45, 2.75) is 6.92 Å². The van der Waals surface area contributed by atoms with E-state index in [0.29, 0.717) is 10.6 Å². The Morgan fingerprint density at radius 3 is 2.36 bits per heavy atom. The third-order valence-corrected chi connectivity index (χ3v) is 5.48. The van der Waals surface area contributed by atoms with Gasteiger partial charge in [-0.2, -0.15) is 5.26 Å². The number of nitrogens with zero attached hydrogens (tertiary/aromatic N) is 2. The number of aliphatic imine (C=N–C) groups is 1. The third-order valence-electron chi connectivity index (χ3n) is 4.86. The number of hydrogen-bond acceptors (Lipinski definition) is 4. The van der Waals surface area contributed by atoms with E-state index in [1.54, 1.807) is 18.2 Å². The summed E-state index contributed by atoms with van der Waals surface area (Å²) in [4.78, 5) is 25.6. The van der Waals surface area contributed by atoms with Crippen LogP contribution >= 0.6 is 23.2 Å². The van der Waals surface area contributed by atoms with Crippen molar-refractivity contribution in [1.82, 2.24) is 5.32 Å². The van der Waals surface area contributed by atoms with Crippen LogP contribution in [0.5, 0.6) is 0 Å². The number of hydrogen-bond donors (Lipinski definition) is 2. The second-order valence-electron chi connectivity index (χ2n) is 7.16. The van der Waals surface area contributed by atoms with Crippen LogP contribution in [0, 0.1) is 29.9 Å². The molecule has 0 radical (unpaired) electrons. The average Bonchev–Trinajstić information content (AvgIpc) is 2.85. The fraction of sp³-hybridized carbons (Fsp3) is 0.0769. The van der Waals surface area contributed by atoms with Crippen LogP contribution in [0.3, 0.4) is 0 Å². The highest BCUT2D eigenvalue weighted by Gasteiger charge is 2.19.